The molecule has 1 amide bonds. The monoisotopic (exact) mass is 490 g/mol. The standard InChI is InChI=1S/C24H31FN4O4S/c1-34(32,33)19-5-6-21(20(25)15-19)27-22-3-2-11-29(24(22)31)18-8-12-28(13-9-18)23-7-4-17(10-14-30)16-26-23/h4-7,15-16,18,22,27,30H,2-3,8-14H2,1H3. The maximum absolute atomic E-state index is 14.5. The number of aromatic nitrogens is 1. The Balaban J connectivity index is 1.36. The smallest absolute Gasteiger partial charge is 0.245 e. The molecule has 184 valence electrons. The Morgan fingerprint density at radius 1 is 1.15 bits per heavy atom. The quantitative estimate of drug-likeness (QED) is 0.614. The molecule has 2 N–H and O–H groups in total. The minimum atomic E-state index is -3.50. The molecule has 4 rings (SSSR count). The summed E-state index contributed by atoms with van der Waals surface area (Å²) < 4.78 is 37.8. The van der Waals surface area contributed by atoms with Crippen LogP contribution in [-0.2, 0) is 21.1 Å². The van der Waals surface area contributed by atoms with Gasteiger partial charge in [-0.25, -0.2) is 17.8 Å². The summed E-state index contributed by atoms with van der Waals surface area (Å²) in [5.74, 6) is 0.180. The lowest BCUT2D eigenvalue weighted by molar-refractivity contribution is -0.137. The summed E-state index contributed by atoms with van der Waals surface area (Å²) in [6.45, 7) is 2.37. The van der Waals surface area contributed by atoms with Crippen molar-refractivity contribution in [2.75, 3.05) is 42.7 Å². The summed E-state index contributed by atoms with van der Waals surface area (Å²) in [5.41, 5.74) is 1.14. The molecular formula is C24H31FN4O4S. The normalized spacial score (nSPS) is 20.0. The molecule has 34 heavy (non-hydrogen) atoms. The Bertz CT molecular complexity index is 1120. The third-order valence-electron chi connectivity index (χ3n) is 6.61. The maximum Gasteiger partial charge on any atom is 0.245 e. The number of rotatable bonds is 7. The number of carbonyl (C=O) groups is 1. The van der Waals surface area contributed by atoms with Crippen molar-refractivity contribution in [3.8, 4) is 0 Å². The van der Waals surface area contributed by atoms with Gasteiger partial charge in [-0.15, -0.1) is 0 Å². The number of sulfone groups is 1. The number of hydrogen-bond acceptors (Lipinski definition) is 7. The molecule has 1 unspecified atom stereocenters. The number of nitrogens with one attached hydrogen (secondary N) is 1. The second-order valence-electron chi connectivity index (χ2n) is 9.00. The second kappa shape index (κ2) is 10.3. The number of pyridine rings is 1. The van der Waals surface area contributed by atoms with E-state index in [1.54, 1.807) is 6.20 Å². The zero-order valence-electron chi connectivity index (χ0n) is 19.3. The van der Waals surface area contributed by atoms with E-state index < -0.39 is 21.7 Å². The van der Waals surface area contributed by atoms with E-state index in [0.717, 1.165) is 56.1 Å². The van der Waals surface area contributed by atoms with Crippen LogP contribution in [0.1, 0.15) is 31.2 Å². The number of halogens is 1. The van der Waals surface area contributed by atoms with Gasteiger partial charge in [0, 0.05) is 44.7 Å². The van der Waals surface area contributed by atoms with Crippen molar-refractivity contribution in [2.45, 2.75) is 49.1 Å². The summed E-state index contributed by atoms with van der Waals surface area (Å²) in [4.78, 5) is 21.8. The lowest BCUT2D eigenvalue weighted by atomic mass is 9.97. The van der Waals surface area contributed by atoms with Crippen LogP contribution in [0, 0.1) is 5.82 Å². The van der Waals surface area contributed by atoms with E-state index in [1.165, 1.54) is 12.1 Å². The van der Waals surface area contributed by atoms with Gasteiger partial charge >= 0.3 is 0 Å². The van der Waals surface area contributed by atoms with Gasteiger partial charge in [-0.2, -0.15) is 0 Å². The molecule has 2 saturated heterocycles. The number of aliphatic hydroxyl groups excluding tert-OH is 1. The van der Waals surface area contributed by atoms with E-state index in [1.807, 2.05) is 17.0 Å². The van der Waals surface area contributed by atoms with E-state index in [-0.39, 0.29) is 29.1 Å². The van der Waals surface area contributed by atoms with Crippen molar-refractivity contribution in [3.05, 3.63) is 47.9 Å². The molecule has 0 aliphatic carbocycles. The SMILES string of the molecule is CS(=O)(=O)c1ccc(NC2CCCN(C3CCN(c4ccc(CCO)cn4)CC3)C2=O)c(F)c1. The lowest BCUT2D eigenvalue weighted by Gasteiger charge is -2.42. The summed E-state index contributed by atoms with van der Waals surface area (Å²) in [5, 5.41) is 12.0. The topological polar surface area (TPSA) is 103 Å². The Morgan fingerprint density at radius 3 is 2.53 bits per heavy atom. The number of piperidine rings is 2. The van der Waals surface area contributed by atoms with Gasteiger partial charge in [-0.1, -0.05) is 6.07 Å². The fourth-order valence-electron chi connectivity index (χ4n) is 4.71. The molecular weight excluding hydrogens is 459 g/mol. The number of hydrogen-bond donors (Lipinski definition) is 2. The van der Waals surface area contributed by atoms with Crippen molar-refractivity contribution < 1.29 is 22.7 Å². The Kier molecular flexibility index (Phi) is 7.37. The molecule has 2 aliphatic heterocycles. The Morgan fingerprint density at radius 2 is 1.91 bits per heavy atom. The number of likely N-dealkylation sites (tertiary alicyclic amines) is 1. The van der Waals surface area contributed by atoms with E-state index in [2.05, 4.69) is 15.2 Å². The van der Waals surface area contributed by atoms with Gasteiger partial charge in [0.2, 0.25) is 5.91 Å². The van der Waals surface area contributed by atoms with Crippen molar-refractivity contribution in [1.29, 1.82) is 0 Å². The number of anilines is 2. The van der Waals surface area contributed by atoms with Crippen molar-refractivity contribution >= 4 is 27.2 Å². The average Bonchev–Trinajstić information content (AvgIpc) is 2.82. The highest BCUT2D eigenvalue weighted by Crippen LogP contribution is 2.27. The van der Waals surface area contributed by atoms with Crippen LogP contribution in [0.5, 0.6) is 0 Å². The lowest BCUT2D eigenvalue weighted by Crippen LogP contribution is -2.54. The van der Waals surface area contributed by atoms with Crippen LogP contribution in [0.25, 0.3) is 0 Å². The fraction of sp³-hybridized carbons (Fsp3) is 0.500. The van der Waals surface area contributed by atoms with Gasteiger partial charge in [-0.3, -0.25) is 4.79 Å². The zero-order chi connectivity index (χ0) is 24.3. The minimum Gasteiger partial charge on any atom is -0.396 e. The molecule has 3 heterocycles. The molecule has 10 heteroatoms. The summed E-state index contributed by atoms with van der Waals surface area (Å²) >= 11 is 0. The van der Waals surface area contributed by atoms with Gasteiger partial charge in [0.05, 0.1) is 10.6 Å². The molecule has 0 bridgehead atoms. The number of benzene rings is 1. The van der Waals surface area contributed by atoms with Crippen LogP contribution in [0.2, 0.25) is 0 Å². The molecule has 0 saturated carbocycles. The average molecular weight is 491 g/mol. The second-order valence-corrected chi connectivity index (χ2v) is 11.0. The third-order valence-corrected chi connectivity index (χ3v) is 7.72. The van der Waals surface area contributed by atoms with Crippen LogP contribution in [0.3, 0.4) is 0 Å². The highest BCUT2D eigenvalue weighted by Gasteiger charge is 2.35. The molecule has 1 atom stereocenters. The van der Waals surface area contributed by atoms with Gasteiger partial charge in [0.25, 0.3) is 0 Å². The highest BCUT2D eigenvalue weighted by molar-refractivity contribution is 7.90. The molecule has 1 aromatic heterocycles. The van der Waals surface area contributed by atoms with Crippen LogP contribution in [0.15, 0.2) is 41.4 Å². The van der Waals surface area contributed by atoms with Crippen molar-refractivity contribution in [1.82, 2.24) is 9.88 Å². The van der Waals surface area contributed by atoms with E-state index >= 15 is 0 Å². The van der Waals surface area contributed by atoms with Crippen LogP contribution in [0.4, 0.5) is 15.9 Å². The zero-order valence-corrected chi connectivity index (χ0v) is 20.1. The first-order chi connectivity index (χ1) is 16.3. The molecule has 1 aromatic carbocycles. The molecule has 0 spiro atoms. The van der Waals surface area contributed by atoms with Crippen LogP contribution < -0.4 is 10.2 Å². The largest absolute Gasteiger partial charge is 0.396 e. The van der Waals surface area contributed by atoms with Crippen molar-refractivity contribution in [3.63, 3.8) is 0 Å². The molecule has 8 nitrogen and oxygen atoms in total. The summed E-state index contributed by atoms with van der Waals surface area (Å²) in [7, 11) is -3.50. The van der Waals surface area contributed by atoms with Gasteiger partial charge in [0.1, 0.15) is 17.7 Å². The predicted octanol–water partition coefficient (Wildman–Crippen LogP) is 2.23. The van der Waals surface area contributed by atoms with Crippen LogP contribution in [-0.4, -0.2) is 73.9 Å². The van der Waals surface area contributed by atoms with Gasteiger partial charge < -0.3 is 20.2 Å². The van der Waals surface area contributed by atoms with Gasteiger partial charge in [0.15, 0.2) is 9.84 Å². The summed E-state index contributed by atoms with van der Waals surface area (Å²) in [6.07, 6.45) is 6.50. The molecule has 0 radical (unpaired) electrons. The first kappa shape index (κ1) is 24.4. The number of nitrogens with zero attached hydrogens (tertiary/aromatic N) is 3. The van der Waals surface area contributed by atoms with Crippen LogP contribution >= 0.6 is 0 Å². The molecule has 2 aromatic rings. The minimum absolute atomic E-state index is 0.0391. The molecule has 2 fully saturated rings. The van der Waals surface area contributed by atoms with Gasteiger partial charge in [-0.05, 0) is 61.9 Å². The number of carbonyl (C=O) groups excluding carboxylic acids is 1. The first-order valence-electron chi connectivity index (χ1n) is 11.6. The van der Waals surface area contributed by atoms with Crippen molar-refractivity contribution in [2.24, 2.45) is 0 Å². The maximum atomic E-state index is 14.5. The van der Waals surface area contributed by atoms with E-state index in [0.29, 0.717) is 19.4 Å². The predicted molar refractivity (Wildman–Crippen MR) is 128 cm³/mol. The first-order valence-corrected chi connectivity index (χ1v) is 13.5. The highest BCUT2D eigenvalue weighted by atomic mass is 32.2. The summed E-state index contributed by atoms with van der Waals surface area (Å²) in [6, 6.07) is 7.27. The number of amides is 1. The number of aliphatic hydroxyl groups is 1. The fourth-order valence-corrected chi connectivity index (χ4v) is 5.35. The Labute approximate surface area is 199 Å². The van der Waals surface area contributed by atoms with E-state index in [9.17, 15) is 17.6 Å². The molecule has 2 aliphatic rings. The van der Waals surface area contributed by atoms with E-state index in [4.69, 9.17) is 5.11 Å². The third kappa shape index (κ3) is 5.50. The Hall–Kier alpha value is -2.72.